The van der Waals surface area contributed by atoms with Gasteiger partial charge < -0.3 is 24.7 Å². The summed E-state index contributed by atoms with van der Waals surface area (Å²) in [6.07, 6.45) is 6.00. The first kappa shape index (κ1) is 23.4. The number of methoxy groups -OCH3 is 1. The van der Waals surface area contributed by atoms with Crippen LogP contribution < -0.4 is 15.4 Å². The SMILES string of the molecule is COc1cc(NCC2CC3CC(Cl)C(OCCn4ccnc4C)CC3NC2=O)ccc1C#N. The summed E-state index contributed by atoms with van der Waals surface area (Å²) in [5.41, 5.74) is 1.30. The predicted molar refractivity (Wildman–Crippen MR) is 125 cm³/mol. The molecule has 1 aliphatic heterocycles. The number of imidazole rings is 1. The summed E-state index contributed by atoms with van der Waals surface area (Å²) in [6.45, 7) is 3.79. The first-order chi connectivity index (χ1) is 16.0. The zero-order valence-corrected chi connectivity index (χ0v) is 19.7. The number of hydrogen-bond donors (Lipinski definition) is 2. The molecule has 5 unspecified atom stereocenters. The standard InChI is InChI=1S/C24H30ClN5O3/c1-15-27-5-6-30(15)7-8-33-23-12-21-17(10-20(23)25)9-18(24(31)29-21)14-28-19-4-3-16(13-26)22(11-19)32-2/h3-6,11,17-18,20-21,23,28H,7-10,12,14H2,1-2H3,(H,29,31). The third-order valence-corrected chi connectivity index (χ3v) is 7.19. The van der Waals surface area contributed by atoms with Crippen LogP contribution in [0.1, 0.15) is 30.7 Å². The summed E-state index contributed by atoms with van der Waals surface area (Å²) in [5.74, 6) is 1.73. The highest BCUT2D eigenvalue weighted by Crippen LogP contribution is 2.37. The average Bonchev–Trinajstić information content (AvgIpc) is 3.22. The van der Waals surface area contributed by atoms with Crippen molar-refractivity contribution in [3.05, 3.63) is 42.0 Å². The number of carbonyl (C=O) groups is 1. The van der Waals surface area contributed by atoms with Crippen molar-refractivity contribution in [3.8, 4) is 11.8 Å². The smallest absolute Gasteiger partial charge is 0.225 e. The lowest BCUT2D eigenvalue weighted by Crippen LogP contribution is -2.56. The van der Waals surface area contributed by atoms with Gasteiger partial charge in [-0.3, -0.25) is 4.79 Å². The number of nitrogens with zero attached hydrogens (tertiary/aromatic N) is 3. The summed E-state index contributed by atoms with van der Waals surface area (Å²) in [5, 5.41) is 15.6. The molecule has 1 aromatic carbocycles. The molecule has 9 heteroatoms. The zero-order chi connectivity index (χ0) is 23.4. The third-order valence-electron chi connectivity index (χ3n) is 6.73. The quantitative estimate of drug-likeness (QED) is 0.574. The summed E-state index contributed by atoms with van der Waals surface area (Å²) in [6, 6.07) is 7.52. The minimum atomic E-state index is -0.140. The van der Waals surface area contributed by atoms with Crippen molar-refractivity contribution in [2.24, 2.45) is 11.8 Å². The van der Waals surface area contributed by atoms with Crippen LogP contribution in [-0.2, 0) is 16.1 Å². The van der Waals surface area contributed by atoms with Crippen LogP contribution in [0, 0.1) is 30.1 Å². The van der Waals surface area contributed by atoms with Gasteiger partial charge in [-0.2, -0.15) is 5.26 Å². The highest BCUT2D eigenvalue weighted by atomic mass is 35.5. The molecular weight excluding hydrogens is 442 g/mol. The molecule has 0 spiro atoms. The molecule has 1 saturated carbocycles. The number of nitriles is 1. The topological polar surface area (TPSA) is 101 Å². The number of benzene rings is 1. The summed E-state index contributed by atoms with van der Waals surface area (Å²) in [7, 11) is 1.54. The van der Waals surface area contributed by atoms with Crippen LogP contribution in [-0.4, -0.2) is 53.2 Å². The van der Waals surface area contributed by atoms with Gasteiger partial charge >= 0.3 is 0 Å². The van der Waals surface area contributed by atoms with Gasteiger partial charge in [-0.1, -0.05) is 0 Å². The van der Waals surface area contributed by atoms with Gasteiger partial charge in [-0.25, -0.2) is 4.98 Å². The lowest BCUT2D eigenvalue weighted by atomic mass is 9.74. The van der Waals surface area contributed by atoms with E-state index in [2.05, 4.69) is 26.3 Å². The van der Waals surface area contributed by atoms with Gasteiger partial charge in [-0.05, 0) is 44.2 Å². The molecule has 8 nitrogen and oxygen atoms in total. The number of rotatable bonds is 8. The van der Waals surface area contributed by atoms with Gasteiger partial charge in [0.2, 0.25) is 5.91 Å². The molecular formula is C24H30ClN5O3. The fourth-order valence-corrected chi connectivity index (χ4v) is 5.24. The van der Waals surface area contributed by atoms with E-state index >= 15 is 0 Å². The molecule has 33 heavy (non-hydrogen) atoms. The summed E-state index contributed by atoms with van der Waals surface area (Å²) in [4.78, 5) is 17.0. The first-order valence-electron chi connectivity index (χ1n) is 11.3. The van der Waals surface area contributed by atoms with Crippen LogP contribution in [0.2, 0.25) is 0 Å². The second-order valence-electron chi connectivity index (χ2n) is 8.78. The molecule has 5 atom stereocenters. The minimum Gasteiger partial charge on any atom is -0.495 e. The van der Waals surface area contributed by atoms with Crippen LogP contribution in [0.3, 0.4) is 0 Å². The fraction of sp³-hybridized carbons (Fsp3) is 0.542. The molecule has 2 fully saturated rings. The molecule has 4 rings (SSSR count). The molecule has 1 aromatic heterocycles. The molecule has 2 heterocycles. The second-order valence-corrected chi connectivity index (χ2v) is 9.34. The van der Waals surface area contributed by atoms with Crippen LogP contribution in [0.4, 0.5) is 5.69 Å². The molecule has 2 N–H and O–H groups in total. The van der Waals surface area contributed by atoms with Gasteiger partial charge in [0.05, 0.1) is 36.7 Å². The molecule has 1 amide bonds. The number of piperidine rings is 1. The van der Waals surface area contributed by atoms with E-state index < -0.39 is 0 Å². The molecule has 176 valence electrons. The van der Waals surface area contributed by atoms with Crippen LogP contribution in [0.5, 0.6) is 5.75 Å². The van der Waals surface area contributed by atoms with Crippen molar-refractivity contribution < 1.29 is 14.3 Å². The maximum Gasteiger partial charge on any atom is 0.225 e. The van der Waals surface area contributed by atoms with Crippen molar-refractivity contribution >= 4 is 23.2 Å². The number of amides is 1. The van der Waals surface area contributed by atoms with E-state index in [1.807, 2.05) is 19.2 Å². The monoisotopic (exact) mass is 471 g/mol. The average molecular weight is 472 g/mol. The van der Waals surface area contributed by atoms with E-state index in [0.29, 0.717) is 30.4 Å². The number of fused-ring (bicyclic) bond motifs is 1. The van der Waals surface area contributed by atoms with Gasteiger partial charge in [0.25, 0.3) is 0 Å². The van der Waals surface area contributed by atoms with E-state index in [4.69, 9.17) is 26.3 Å². The number of ether oxygens (including phenoxy) is 2. The van der Waals surface area contributed by atoms with Crippen molar-refractivity contribution in [1.29, 1.82) is 5.26 Å². The van der Waals surface area contributed by atoms with E-state index in [9.17, 15) is 4.79 Å². The lowest BCUT2D eigenvalue weighted by molar-refractivity contribution is -0.130. The Morgan fingerprint density at radius 2 is 2.21 bits per heavy atom. The Bertz CT molecular complexity index is 1020. The number of alkyl halides is 1. The molecule has 1 aliphatic carbocycles. The van der Waals surface area contributed by atoms with E-state index in [-0.39, 0.29) is 29.3 Å². The molecule has 2 aromatic rings. The highest BCUT2D eigenvalue weighted by Gasteiger charge is 2.43. The maximum absolute atomic E-state index is 12.8. The Morgan fingerprint density at radius 1 is 1.36 bits per heavy atom. The summed E-state index contributed by atoms with van der Waals surface area (Å²) < 4.78 is 13.4. The number of aryl methyl sites for hydroxylation is 1. The number of anilines is 1. The normalized spacial score (nSPS) is 26.7. The van der Waals surface area contributed by atoms with Crippen LogP contribution >= 0.6 is 11.6 Å². The Balaban J connectivity index is 1.28. The van der Waals surface area contributed by atoms with Crippen molar-refractivity contribution in [1.82, 2.24) is 14.9 Å². The Kier molecular flexibility index (Phi) is 7.41. The molecule has 2 aliphatic rings. The van der Waals surface area contributed by atoms with Crippen molar-refractivity contribution in [3.63, 3.8) is 0 Å². The van der Waals surface area contributed by atoms with E-state index in [1.54, 1.807) is 18.3 Å². The molecule has 0 bridgehead atoms. The Labute approximate surface area is 199 Å². The predicted octanol–water partition coefficient (Wildman–Crippen LogP) is 3.09. The molecule has 1 saturated heterocycles. The number of halogens is 1. The lowest BCUT2D eigenvalue weighted by Gasteiger charge is -2.44. The van der Waals surface area contributed by atoms with E-state index in [0.717, 1.165) is 37.3 Å². The molecule has 0 radical (unpaired) electrons. The third kappa shape index (κ3) is 5.43. The minimum absolute atomic E-state index is 0.0603. The van der Waals surface area contributed by atoms with Gasteiger partial charge in [0, 0.05) is 43.3 Å². The fourth-order valence-electron chi connectivity index (χ4n) is 4.83. The number of aromatic nitrogens is 2. The zero-order valence-electron chi connectivity index (χ0n) is 19.0. The van der Waals surface area contributed by atoms with Crippen LogP contribution in [0.15, 0.2) is 30.6 Å². The van der Waals surface area contributed by atoms with Gasteiger partial charge in [0.1, 0.15) is 17.6 Å². The first-order valence-corrected chi connectivity index (χ1v) is 11.8. The Morgan fingerprint density at radius 3 is 2.94 bits per heavy atom. The maximum atomic E-state index is 12.8. The van der Waals surface area contributed by atoms with Gasteiger partial charge in [-0.15, -0.1) is 11.6 Å². The van der Waals surface area contributed by atoms with Gasteiger partial charge in [0.15, 0.2) is 0 Å². The van der Waals surface area contributed by atoms with E-state index in [1.165, 1.54) is 7.11 Å². The summed E-state index contributed by atoms with van der Waals surface area (Å²) >= 11 is 6.70. The van der Waals surface area contributed by atoms with Crippen molar-refractivity contribution in [2.75, 3.05) is 25.6 Å². The van der Waals surface area contributed by atoms with Crippen LogP contribution in [0.25, 0.3) is 0 Å². The number of hydrogen-bond acceptors (Lipinski definition) is 6. The highest BCUT2D eigenvalue weighted by molar-refractivity contribution is 6.21. The van der Waals surface area contributed by atoms with Crippen molar-refractivity contribution in [2.45, 2.75) is 50.3 Å². The largest absolute Gasteiger partial charge is 0.495 e. The number of carbonyl (C=O) groups excluding carboxylic acids is 1. The Hall–Kier alpha value is -2.76. The second kappa shape index (κ2) is 10.4. The number of nitrogens with one attached hydrogen (secondary N) is 2.